The van der Waals surface area contributed by atoms with Crippen LogP contribution in [0.4, 0.5) is 10.8 Å². The molecular weight excluding hydrogens is 454 g/mol. The molecule has 174 valence electrons. The van der Waals surface area contributed by atoms with Gasteiger partial charge < -0.3 is 4.90 Å². The second kappa shape index (κ2) is 10.0. The minimum Gasteiger partial charge on any atom is -0.378 e. The largest absolute Gasteiger partial charge is 0.378 e. The molecular formula is C24H29N5O2S2. The zero-order valence-corrected chi connectivity index (χ0v) is 20.7. The van der Waals surface area contributed by atoms with Crippen LogP contribution in [-0.4, -0.2) is 51.1 Å². The minimum atomic E-state index is -3.50. The number of hydrogen-bond donors (Lipinski definition) is 1. The molecule has 1 N–H and O–H groups in total. The van der Waals surface area contributed by atoms with Gasteiger partial charge in [0.15, 0.2) is 0 Å². The first-order valence-electron chi connectivity index (χ1n) is 11.0. The van der Waals surface area contributed by atoms with Crippen molar-refractivity contribution in [2.24, 2.45) is 11.0 Å². The number of nitrogens with zero attached hydrogens (tertiary/aromatic N) is 4. The summed E-state index contributed by atoms with van der Waals surface area (Å²) in [6, 6.07) is 15.1. The number of piperidine rings is 1. The van der Waals surface area contributed by atoms with E-state index in [9.17, 15) is 8.42 Å². The molecule has 2 aromatic carbocycles. The fourth-order valence-corrected chi connectivity index (χ4v) is 5.85. The standard InChI is InChI=1S/C24H29N5O2S2/c1-18-11-13-29(14-12-18)33(30,31)22-6-4-5-20(15-22)23-17-32-24(26-23)27-25-16-19-7-9-21(10-8-19)28(2)3/h4-10,15-18H,11-14H2,1-3H3,(H,26,27). The van der Waals surface area contributed by atoms with Crippen LogP contribution in [0.5, 0.6) is 0 Å². The lowest BCUT2D eigenvalue weighted by molar-refractivity contribution is 0.288. The highest BCUT2D eigenvalue weighted by molar-refractivity contribution is 7.89. The number of aromatic nitrogens is 1. The molecule has 0 spiro atoms. The predicted molar refractivity (Wildman–Crippen MR) is 137 cm³/mol. The monoisotopic (exact) mass is 483 g/mol. The number of hydrazone groups is 1. The van der Waals surface area contributed by atoms with Gasteiger partial charge >= 0.3 is 0 Å². The van der Waals surface area contributed by atoms with E-state index in [1.165, 1.54) is 11.3 Å². The van der Waals surface area contributed by atoms with Crippen molar-refractivity contribution in [2.75, 3.05) is 37.5 Å². The van der Waals surface area contributed by atoms with Gasteiger partial charge in [-0.1, -0.05) is 31.2 Å². The second-order valence-electron chi connectivity index (χ2n) is 8.51. The van der Waals surface area contributed by atoms with Crippen LogP contribution in [-0.2, 0) is 10.0 Å². The van der Waals surface area contributed by atoms with E-state index in [0.717, 1.165) is 35.3 Å². The van der Waals surface area contributed by atoms with Crippen molar-refractivity contribution in [3.05, 3.63) is 59.5 Å². The maximum Gasteiger partial charge on any atom is 0.243 e. The third kappa shape index (κ3) is 5.61. The van der Waals surface area contributed by atoms with Crippen LogP contribution in [0.15, 0.2) is 63.9 Å². The summed E-state index contributed by atoms with van der Waals surface area (Å²) in [6.45, 7) is 3.33. The summed E-state index contributed by atoms with van der Waals surface area (Å²) in [4.78, 5) is 6.93. The SMILES string of the molecule is CC1CCN(S(=O)(=O)c2cccc(-c3csc(NN=Cc4ccc(N(C)C)cc4)n3)c2)CC1. The van der Waals surface area contributed by atoms with Crippen molar-refractivity contribution >= 4 is 38.4 Å². The van der Waals surface area contributed by atoms with E-state index < -0.39 is 10.0 Å². The molecule has 7 nitrogen and oxygen atoms in total. The molecule has 0 unspecified atom stereocenters. The number of hydrogen-bond acceptors (Lipinski definition) is 7. The number of nitrogens with one attached hydrogen (secondary N) is 1. The Labute approximate surface area is 199 Å². The molecule has 1 aromatic heterocycles. The van der Waals surface area contributed by atoms with E-state index in [0.29, 0.717) is 29.0 Å². The van der Waals surface area contributed by atoms with Gasteiger partial charge in [0.2, 0.25) is 15.2 Å². The lowest BCUT2D eigenvalue weighted by atomic mass is 10.0. The predicted octanol–water partition coefficient (Wildman–Crippen LogP) is 4.74. The summed E-state index contributed by atoms with van der Waals surface area (Å²) in [5, 5.41) is 6.82. The Kier molecular flexibility index (Phi) is 7.11. The lowest BCUT2D eigenvalue weighted by Gasteiger charge is -2.29. The first-order chi connectivity index (χ1) is 15.8. The van der Waals surface area contributed by atoms with Crippen LogP contribution in [0.1, 0.15) is 25.3 Å². The first-order valence-corrected chi connectivity index (χ1v) is 13.3. The molecule has 33 heavy (non-hydrogen) atoms. The third-order valence-electron chi connectivity index (χ3n) is 5.80. The van der Waals surface area contributed by atoms with Gasteiger partial charge in [-0.15, -0.1) is 11.3 Å². The number of rotatable bonds is 7. The zero-order valence-electron chi connectivity index (χ0n) is 19.1. The number of benzene rings is 2. The van der Waals surface area contributed by atoms with Crippen LogP contribution in [0.3, 0.4) is 0 Å². The van der Waals surface area contributed by atoms with Crippen LogP contribution in [0, 0.1) is 5.92 Å². The Morgan fingerprint density at radius 2 is 1.88 bits per heavy atom. The molecule has 0 saturated carbocycles. The maximum absolute atomic E-state index is 13.1. The average Bonchev–Trinajstić information content (AvgIpc) is 3.29. The quantitative estimate of drug-likeness (QED) is 0.388. The third-order valence-corrected chi connectivity index (χ3v) is 8.44. The molecule has 0 radical (unpaired) electrons. The molecule has 9 heteroatoms. The molecule has 0 amide bonds. The summed E-state index contributed by atoms with van der Waals surface area (Å²) in [5.41, 5.74) is 6.56. The molecule has 1 saturated heterocycles. The maximum atomic E-state index is 13.1. The van der Waals surface area contributed by atoms with Crippen molar-refractivity contribution in [2.45, 2.75) is 24.7 Å². The number of anilines is 2. The summed E-state index contributed by atoms with van der Waals surface area (Å²) < 4.78 is 27.8. The minimum absolute atomic E-state index is 0.316. The Morgan fingerprint density at radius 1 is 1.15 bits per heavy atom. The van der Waals surface area contributed by atoms with Gasteiger partial charge in [-0.05, 0) is 48.6 Å². The van der Waals surface area contributed by atoms with Gasteiger partial charge in [0.25, 0.3) is 0 Å². The van der Waals surface area contributed by atoms with Crippen LogP contribution in [0.2, 0.25) is 0 Å². The van der Waals surface area contributed by atoms with Crippen LogP contribution >= 0.6 is 11.3 Å². The molecule has 1 aliphatic heterocycles. The molecule has 2 heterocycles. The van der Waals surface area contributed by atoms with Gasteiger partial charge in [-0.3, -0.25) is 5.43 Å². The Morgan fingerprint density at radius 3 is 2.58 bits per heavy atom. The normalized spacial score (nSPS) is 15.7. The molecule has 4 rings (SSSR count). The number of thiazole rings is 1. The van der Waals surface area contributed by atoms with Crippen molar-refractivity contribution in [3.8, 4) is 11.3 Å². The van der Waals surface area contributed by atoms with Crippen molar-refractivity contribution in [1.82, 2.24) is 9.29 Å². The Bertz CT molecular complexity index is 1210. The Hall–Kier alpha value is -2.75. The van der Waals surface area contributed by atoms with E-state index >= 15 is 0 Å². The fraction of sp³-hybridized carbons (Fsp3) is 0.333. The van der Waals surface area contributed by atoms with Crippen LogP contribution in [0.25, 0.3) is 11.3 Å². The van der Waals surface area contributed by atoms with E-state index in [-0.39, 0.29) is 0 Å². The molecule has 0 aliphatic carbocycles. The highest BCUT2D eigenvalue weighted by Crippen LogP contribution is 2.29. The topological polar surface area (TPSA) is 77.9 Å². The van der Waals surface area contributed by atoms with Crippen molar-refractivity contribution < 1.29 is 8.42 Å². The van der Waals surface area contributed by atoms with Gasteiger partial charge in [0.1, 0.15) is 0 Å². The summed E-state index contributed by atoms with van der Waals surface area (Å²) >= 11 is 1.43. The fourth-order valence-electron chi connectivity index (χ4n) is 3.67. The van der Waals surface area contributed by atoms with E-state index in [2.05, 4.69) is 22.4 Å². The smallest absolute Gasteiger partial charge is 0.243 e. The average molecular weight is 484 g/mol. The molecule has 0 bridgehead atoms. The van der Waals surface area contributed by atoms with E-state index in [1.54, 1.807) is 28.7 Å². The second-order valence-corrected chi connectivity index (χ2v) is 11.3. The van der Waals surface area contributed by atoms with Crippen LogP contribution < -0.4 is 10.3 Å². The lowest BCUT2D eigenvalue weighted by Crippen LogP contribution is -2.37. The first kappa shape index (κ1) is 23.4. The zero-order chi connectivity index (χ0) is 23.4. The molecule has 3 aromatic rings. The van der Waals surface area contributed by atoms with Gasteiger partial charge in [0.05, 0.1) is 16.8 Å². The van der Waals surface area contributed by atoms with E-state index in [1.807, 2.05) is 54.7 Å². The summed E-state index contributed by atoms with van der Waals surface area (Å²) in [7, 11) is 0.512. The summed E-state index contributed by atoms with van der Waals surface area (Å²) in [5.74, 6) is 0.573. The van der Waals surface area contributed by atoms with Gasteiger partial charge in [-0.25, -0.2) is 13.4 Å². The highest BCUT2D eigenvalue weighted by atomic mass is 32.2. The Balaban J connectivity index is 1.44. The van der Waals surface area contributed by atoms with E-state index in [4.69, 9.17) is 0 Å². The molecule has 0 atom stereocenters. The van der Waals surface area contributed by atoms with Gasteiger partial charge in [0, 0.05) is 43.8 Å². The molecule has 1 fully saturated rings. The van der Waals surface area contributed by atoms with Gasteiger partial charge in [-0.2, -0.15) is 9.41 Å². The number of sulfonamides is 1. The van der Waals surface area contributed by atoms with Crippen molar-refractivity contribution in [3.63, 3.8) is 0 Å². The summed E-state index contributed by atoms with van der Waals surface area (Å²) in [6.07, 6.45) is 3.55. The highest BCUT2D eigenvalue weighted by Gasteiger charge is 2.28. The molecule has 1 aliphatic rings. The van der Waals surface area contributed by atoms with Crippen molar-refractivity contribution in [1.29, 1.82) is 0 Å².